The molecular weight excluding hydrogens is 280 g/mol. The maximum absolute atomic E-state index is 8.54. The fraction of sp³-hybridized carbons (Fsp3) is 1.00. The molecule has 0 spiro atoms. The molecule has 0 bridgehead atoms. The van der Waals surface area contributed by atoms with Crippen LogP contribution in [0.4, 0.5) is 0 Å². The van der Waals surface area contributed by atoms with Crippen molar-refractivity contribution < 1.29 is 33.9 Å². The van der Waals surface area contributed by atoms with Gasteiger partial charge in [0.05, 0.1) is 52.9 Å². The van der Waals surface area contributed by atoms with Crippen LogP contribution in [0.1, 0.15) is 12.8 Å². The Morgan fingerprint density at radius 3 is 0.857 bits per heavy atom. The zero-order chi connectivity index (χ0) is 15.4. The van der Waals surface area contributed by atoms with Crippen molar-refractivity contribution in [3.8, 4) is 0 Å². The summed E-state index contributed by atoms with van der Waals surface area (Å²) in [5, 5.41) is 17.1. The summed E-state index contributed by atoms with van der Waals surface area (Å²) in [5.41, 5.74) is 0. The van der Waals surface area contributed by atoms with Gasteiger partial charge in [-0.1, -0.05) is 0 Å². The number of aliphatic hydroxyl groups is 2. The van der Waals surface area contributed by atoms with Gasteiger partial charge in [0.15, 0.2) is 0 Å². The van der Waals surface area contributed by atoms with Crippen molar-refractivity contribution in [3.05, 3.63) is 0 Å². The predicted molar refractivity (Wildman–Crippen MR) is 77.5 cm³/mol. The van der Waals surface area contributed by atoms with E-state index in [1.807, 2.05) is 0 Å². The largest absolute Gasteiger partial charge is 0.396 e. The lowest BCUT2D eigenvalue weighted by atomic mass is 10.5. The third-order valence-electron chi connectivity index (χ3n) is 2.38. The van der Waals surface area contributed by atoms with Gasteiger partial charge in [0.1, 0.15) is 0 Å². The average Bonchev–Trinajstić information content (AvgIpc) is 2.50. The average molecular weight is 310 g/mol. The Hall–Kier alpha value is -0.280. The molecule has 0 aromatic rings. The van der Waals surface area contributed by atoms with E-state index in [4.69, 9.17) is 33.9 Å². The van der Waals surface area contributed by atoms with Crippen molar-refractivity contribution >= 4 is 0 Å². The van der Waals surface area contributed by atoms with Gasteiger partial charge < -0.3 is 33.9 Å². The van der Waals surface area contributed by atoms with Crippen molar-refractivity contribution in [2.24, 2.45) is 0 Å². The molecule has 0 aliphatic rings. The molecule has 0 aliphatic heterocycles. The molecule has 0 fully saturated rings. The third-order valence-corrected chi connectivity index (χ3v) is 2.38. The summed E-state index contributed by atoms with van der Waals surface area (Å²) in [4.78, 5) is 0. The monoisotopic (exact) mass is 310 g/mol. The van der Waals surface area contributed by atoms with E-state index in [1.165, 1.54) is 0 Å². The molecule has 2 N–H and O–H groups in total. The highest BCUT2D eigenvalue weighted by molar-refractivity contribution is 4.37. The smallest absolute Gasteiger partial charge is 0.0701 e. The molecule has 0 rings (SSSR count). The van der Waals surface area contributed by atoms with Crippen molar-refractivity contribution in [1.82, 2.24) is 0 Å². The Kier molecular flexibility index (Phi) is 19.5. The molecule has 0 aromatic carbocycles. The fourth-order valence-electron chi connectivity index (χ4n) is 1.31. The van der Waals surface area contributed by atoms with Gasteiger partial charge in [-0.25, -0.2) is 0 Å². The Bertz CT molecular complexity index is 163. The van der Waals surface area contributed by atoms with E-state index in [-0.39, 0.29) is 13.2 Å². The van der Waals surface area contributed by atoms with Crippen LogP contribution in [0.15, 0.2) is 0 Å². The van der Waals surface area contributed by atoms with Crippen LogP contribution in [0.2, 0.25) is 0 Å². The van der Waals surface area contributed by atoms with E-state index in [1.54, 1.807) is 0 Å². The van der Waals surface area contributed by atoms with E-state index < -0.39 is 0 Å². The van der Waals surface area contributed by atoms with E-state index in [2.05, 4.69) is 0 Å². The summed E-state index contributed by atoms with van der Waals surface area (Å²) in [6, 6.07) is 0. The molecule has 0 heterocycles. The summed E-state index contributed by atoms with van der Waals surface area (Å²) in [5.74, 6) is 0. The lowest BCUT2D eigenvalue weighted by molar-refractivity contribution is -0.0123. The van der Waals surface area contributed by atoms with E-state index >= 15 is 0 Å². The zero-order valence-corrected chi connectivity index (χ0v) is 12.8. The van der Waals surface area contributed by atoms with Crippen LogP contribution in [0.5, 0.6) is 0 Å². The Morgan fingerprint density at radius 1 is 0.381 bits per heavy atom. The minimum Gasteiger partial charge on any atom is -0.396 e. The summed E-state index contributed by atoms with van der Waals surface area (Å²) >= 11 is 0. The number of hydrogen-bond donors (Lipinski definition) is 2. The van der Waals surface area contributed by atoms with Crippen molar-refractivity contribution in [3.63, 3.8) is 0 Å². The zero-order valence-electron chi connectivity index (χ0n) is 12.8. The normalized spacial score (nSPS) is 11.1. The van der Waals surface area contributed by atoms with Gasteiger partial charge in [0.2, 0.25) is 0 Å². The summed E-state index contributed by atoms with van der Waals surface area (Å²) < 4.78 is 26.4. The second-order valence-corrected chi connectivity index (χ2v) is 4.22. The molecule has 128 valence electrons. The molecular formula is C14H30O7. The van der Waals surface area contributed by atoms with E-state index in [0.29, 0.717) is 78.9 Å². The van der Waals surface area contributed by atoms with Gasteiger partial charge in [-0.3, -0.25) is 0 Å². The Balaban J connectivity index is 2.90. The number of rotatable bonds is 18. The first kappa shape index (κ1) is 20.7. The first-order chi connectivity index (χ1) is 10.4. The molecule has 0 saturated carbocycles. The lowest BCUT2D eigenvalue weighted by Crippen LogP contribution is -2.13. The van der Waals surface area contributed by atoms with Gasteiger partial charge in [-0.05, 0) is 12.8 Å². The van der Waals surface area contributed by atoms with Gasteiger partial charge in [-0.15, -0.1) is 0 Å². The van der Waals surface area contributed by atoms with Crippen LogP contribution in [-0.2, 0) is 23.7 Å². The minimum absolute atomic E-state index is 0.158. The van der Waals surface area contributed by atoms with Crippen molar-refractivity contribution in [2.75, 3.05) is 79.3 Å². The SMILES string of the molecule is OCCCOCCOCCOCCOCCOCCCO. The van der Waals surface area contributed by atoms with Crippen LogP contribution in [0.3, 0.4) is 0 Å². The van der Waals surface area contributed by atoms with Crippen molar-refractivity contribution in [2.45, 2.75) is 12.8 Å². The summed E-state index contributed by atoms with van der Waals surface area (Å²) in [6.07, 6.45) is 1.32. The summed E-state index contributed by atoms with van der Waals surface area (Å²) in [7, 11) is 0. The molecule has 0 amide bonds. The van der Waals surface area contributed by atoms with Gasteiger partial charge in [0.25, 0.3) is 0 Å². The standard InChI is InChI=1S/C14H30O7/c15-3-1-5-17-7-9-19-11-13-21-14-12-20-10-8-18-6-2-4-16/h15-16H,1-14H2. The molecule has 0 saturated heterocycles. The first-order valence-electron chi connectivity index (χ1n) is 7.52. The topological polar surface area (TPSA) is 86.6 Å². The lowest BCUT2D eigenvalue weighted by Gasteiger charge is -2.07. The Labute approximate surface area is 127 Å². The second kappa shape index (κ2) is 19.7. The predicted octanol–water partition coefficient (Wildman–Crippen LogP) is -0.166. The molecule has 0 radical (unpaired) electrons. The van der Waals surface area contributed by atoms with Crippen LogP contribution >= 0.6 is 0 Å². The molecule has 7 nitrogen and oxygen atoms in total. The highest BCUT2D eigenvalue weighted by Crippen LogP contribution is 1.85. The van der Waals surface area contributed by atoms with Gasteiger partial charge in [0, 0.05) is 26.4 Å². The van der Waals surface area contributed by atoms with Crippen LogP contribution in [-0.4, -0.2) is 89.5 Å². The van der Waals surface area contributed by atoms with Gasteiger partial charge >= 0.3 is 0 Å². The third kappa shape index (κ3) is 19.7. The second-order valence-electron chi connectivity index (χ2n) is 4.22. The number of aliphatic hydroxyl groups excluding tert-OH is 2. The molecule has 0 aromatic heterocycles. The number of ether oxygens (including phenoxy) is 5. The number of hydrogen-bond acceptors (Lipinski definition) is 7. The fourth-order valence-corrected chi connectivity index (χ4v) is 1.31. The molecule has 0 unspecified atom stereocenters. The van der Waals surface area contributed by atoms with Crippen molar-refractivity contribution in [1.29, 1.82) is 0 Å². The molecule has 21 heavy (non-hydrogen) atoms. The van der Waals surface area contributed by atoms with Crippen LogP contribution in [0, 0.1) is 0 Å². The molecule has 7 heteroatoms. The quantitative estimate of drug-likeness (QED) is 0.340. The molecule has 0 atom stereocenters. The van der Waals surface area contributed by atoms with E-state index in [0.717, 1.165) is 0 Å². The van der Waals surface area contributed by atoms with E-state index in [9.17, 15) is 0 Å². The molecule has 0 aliphatic carbocycles. The van der Waals surface area contributed by atoms with Crippen LogP contribution < -0.4 is 0 Å². The van der Waals surface area contributed by atoms with Gasteiger partial charge in [-0.2, -0.15) is 0 Å². The van der Waals surface area contributed by atoms with Crippen LogP contribution in [0.25, 0.3) is 0 Å². The Morgan fingerprint density at radius 2 is 0.619 bits per heavy atom. The first-order valence-corrected chi connectivity index (χ1v) is 7.52. The summed E-state index contributed by atoms with van der Waals surface area (Å²) in [6.45, 7) is 5.75. The highest BCUT2D eigenvalue weighted by atomic mass is 16.6. The maximum Gasteiger partial charge on any atom is 0.0701 e. The highest BCUT2D eigenvalue weighted by Gasteiger charge is 1.93. The maximum atomic E-state index is 8.54. The minimum atomic E-state index is 0.158.